The number of nitrogens with one attached hydrogen (secondary N) is 3. The summed E-state index contributed by atoms with van der Waals surface area (Å²) >= 11 is 0. The highest BCUT2D eigenvalue weighted by Gasteiger charge is 2.37. The van der Waals surface area contributed by atoms with Gasteiger partial charge in [-0.15, -0.1) is 0 Å². The quantitative estimate of drug-likeness (QED) is 0.799. The van der Waals surface area contributed by atoms with Crippen molar-refractivity contribution in [3.05, 3.63) is 24.3 Å². The summed E-state index contributed by atoms with van der Waals surface area (Å²) in [6.45, 7) is 8.78. The van der Waals surface area contributed by atoms with E-state index in [2.05, 4.69) is 29.8 Å². The average Bonchev–Trinajstić information content (AvgIpc) is 2.46. The normalized spacial score (nSPS) is 20.1. The van der Waals surface area contributed by atoms with Gasteiger partial charge < -0.3 is 16.0 Å². The van der Waals surface area contributed by atoms with Crippen LogP contribution in [0.25, 0.3) is 0 Å². The maximum Gasteiger partial charge on any atom is 0.242 e. The summed E-state index contributed by atoms with van der Waals surface area (Å²) in [5.41, 5.74) is 1.32. The first-order valence-corrected chi connectivity index (χ1v) is 8.25. The fourth-order valence-electron chi connectivity index (χ4n) is 2.83. The largest absolute Gasteiger partial charge is 0.326 e. The van der Waals surface area contributed by atoms with Crippen molar-refractivity contribution in [3.8, 4) is 0 Å². The summed E-state index contributed by atoms with van der Waals surface area (Å²) in [5.74, 6) is -0.147. The van der Waals surface area contributed by atoms with Gasteiger partial charge in [0, 0.05) is 17.3 Å². The minimum atomic E-state index is -0.204. The highest BCUT2D eigenvalue weighted by Crippen LogP contribution is 2.30. The molecule has 3 N–H and O–H groups in total. The van der Waals surface area contributed by atoms with Crippen molar-refractivity contribution in [2.45, 2.75) is 46.6 Å². The van der Waals surface area contributed by atoms with Crippen LogP contribution in [0.5, 0.6) is 0 Å². The van der Waals surface area contributed by atoms with E-state index in [-0.39, 0.29) is 29.2 Å². The van der Waals surface area contributed by atoms with Crippen LogP contribution < -0.4 is 16.0 Å². The molecular formula is C18H27N3O2. The van der Waals surface area contributed by atoms with Crippen molar-refractivity contribution < 1.29 is 9.59 Å². The van der Waals surface area contributed by atoms with E-state index in [9.17, 15) is 9.59 Å². The van der Waals surface area contributed by atoms with Crippen LogP contribution in [0.4, 0.5) is 11.4 Å². The number of amides is 2. The first-order chi connectivity index (χ1) is 10.8. The minimum absolute atomic E-state index is 0.0259. The zero-order chi connectivity index (χ0) is 17.0. The lowest BCUT2D eigenvalue weighted by Gasteiger charge is -2.38. The second kappa shape index (κ2) is 7.13. The van der Waals surface area contributed by atoms with Gasteiger partial charge in [-0.3, -0.25) is 9.59 Å². The molecule has 1 saturated heterocycles. The van der Waals surface area contributed by atoms with Gasteiger partial charge >= 0.3 is 0 Å². The number of carbonyl (C=O) groups is 2. The number of piperidine rings is 1. The van der Waals surface area contributed by atoms with Crippen LogP contribution in [-0.4, -0.2) is 24.4 Å². The van der Waals surface area contributed by atoms with E-state index in [1.54, 1.807) is 6.07 Å². The Kier molecular flexibility index (Phi) is 5.42. The smallest absolute Gasteiger partial charge is 0.242 e. The second-order valence-electron chi connectivity index (χ2n) is 7.19. The number of carbonyl (C=O) groups excluding carboxylic acids is 2. The average molecular weight is 317 g/mol. The van der Waals surface area contributed by atoms with Gasteiger partial charge in [-0.05, 0) is 43.0 Å². The molecule has 126 valence electrons. The van der Waals surface area contributed by atoms with Crippen molar-refractivity contribution in [1.82, 2.24) is 5.32 Å². The molecule has 23 heavy (non-hydrogen) atoms. The van der Waals surface area contributed by atoms with Gasteiger partial charge in [-0.2, -0.15) is 0 Å². The van der Waals surface area contributed by atoms with E-state index >= 15 is 0 Å². The van der Waals surface area contributed by atoms with Crippen molar-refractivity contribution in [2.75, 3.05) is 17.2 Å². The molecule has 1 unspecified atom stereocenters. The Hall–Kier alpha value is -1.88. The van der Waals surface area contributed by atoms with Crippen molar-refractivity contribution >= 4 is 23.2 Å². The van der Waals surface area contributed by atoms with E-state index < -0.39 is 0 Å². The van der Waals surface area contributed by atoms with Gasteiger partial charge in [0.2, 0.25) is 11.8 Å². The van der Waals surface area contributed by atoms with E-state index in [4.69, 9.17) is 0 Å². The molecule has 2 rings (SSSR count). The van der Waals surface area contributed by atoms with Crippen LogP contribution in [0, 0.1) is 11.3 Å². The molecule has 0 aliphatic carbocycles. The lowest BCUT2D eigenvalue weighted by atomic mass is 9.77. The predicted octanol–water partition coefficient (Wildman–Crippen LogP) is 3.00. The molecule has 5 heteroatoms. The zero-order valence-corrected chi connectivity index (χ0v) is 14.4. The Balaban J connectivity index is 2.05. The lowest BCUT2D eigenvalue weighted by Crippen LogP contribution is -2.53. The highest BCUT2D eigenvalue weighted by molar-refractivity contribution is 5.97. The summed E-state index contributed by atoms with van der Waals surface area (Å²) in [6, 6.07) is 7.06. The maximum atomic E-state index is 12.6. The maximum absolute atomic E-state index is 12.6. The molecule has 0 saturated carbocycles. The predicted molar refractivity (Wildman–Crippen MR) is 93.3 cm³/mol. The summed E-state index contributed by atoms with van der Waals surface area (Å²) in [4.78, 5) is 24.3. The number of anilines is 2. The molecule has 2 amide bonds. The van der Waals surface area contributed by atoms with Crippen LogP contribution >= 0.6 is 0 Å². The van der Waals surface area contributed by atoms with Gasteiger partial charge in [0.25, 0.3) is 0 Å². The van der Waals surface area contributed by atoms with Gasteiger partial charge in [-0.1, -0.05) is 33.8 Å². The summed E-state index contributed by atoms with van der Waals surface area (Å²) in [6.07, 6.45) is 2.12. The van der Waals surface area contributed by atoms with Crippen molar-refractivity contribution in [1.29, 1.82) is 0 Å². The third-order valence-corrected chi connectivity index (χ3v) is 4.31. The number of hydrogen-bond acceptors (Lipinski definition) is 3. The fourth-order valence-corrected chi connectivity index (χ4v) is 2.83. The first kappa shape index (κ1) is 17.5. The first-order valence-electron chi connectivity index (χ1n) is 8.25. The Morgan fingerprint density at radius 1 is 1.22 bits per heavy atom. The Morgan fingerprint density at radius 3 is 2.48 bits per heavy atom. The Labute approximate surface area is 138 Å². The second-order valence-corrected chi connectivity index (χ2v) is 7.19. The molecule has 0 bridgehead atoms. The highest BCUT2D eigenvalue weighted by atomic mass is 16.2. The molecule has 0 aromatic heterocycles. The lowest BCUT2D eigenvalue weighted by molar-refractivity contribution is -0.121. The van der Waals surface area contributed by atoms with E-state index in [0.29, 0.717) is 11.4 Å². The third-order valence-electron chi connectivity index (χ3n) is 4.31. The molecule has 1 aromatic carbocycles. The molecule has 1 aliphatic rings. The van der Waals surface area contributed by atoms with E-state index in [1.807, 2.05) is 32.0 Å². The van der Waals surface area contributed by atoms with Crippen LogP contribution in [0.15, 0.2) is 24.3 Å². The molecule has 1 fully saturated rings. The fraction of sp³-hybridized carbons (Fsp3) is 0.556. The summed E-state index contributed by atoms with van der Waals surface area (Å²) in [5, 5.41) is 9.11. The van der Waals surface area contributed by atoms with Crippen LogP contribution in [0.1, 0.15) is 40.5 Å². The minimum Gasteiger partial charge on any atom is -0.326 e. The molecule has 1 aromatic rings. The molecule has 0 radical (unpaired) electrons. The van der Waals surface area contributed by atoms with Crippen molar-refractivity contribution in [2.24, 2.45) is 11.3 Å². The van der Waals surface area contributed by atoms with Gasteiger partial charge in [0.15, 0.2) is 0 Å². The Bertz CT molecular complexity index is 581. The third kappa shape index (κ3) is 4.55. The molecule has 0 spiro atoms. The van der Waals surface area contributed by atoms with Gasteiger partial charge in [0.05, 0.1) is 6.04 Å². The number of rotatable bonds is 4. The number of hydrogen-bond donors (Lipinski definition) is 3. The van der Waals surface area contributed by atoms with E-state index in [1.165, 1.54) is 0 Å². The molecular weight excluding hydrogens is 290 g/mol. The molecule has 1 heterocycles. The van der Waals surface area contributed by atoms with E-state index in [0.717, 1.165) is 19.4 Å². The number of benzene rings is 1. The van der Waals surface area contributed by atoms with Crippen molar-refractivity contribution in [3.63, 3.8) is 0 Å². The van der Waals surface area contributed by atoms with Gasteiger partial charge in [0.1, 0.15) is 0 Å². The summed E-state index contributed by atoms with van der Waals surface area (Å²) < 4.78 is 0. The van der Waals surface area contributed by atoms with Gasteiger partial charge in [-0.25, -0.2) is 0 Å². The topological polar surface area (TPSA) is 70.2 Å². The monoisotopic (exact) mass is 317 g/mol. The van der Waals surface area contributed by atoms with Crippen LogP contribution in [0.2, 0.25) is 0 Å². The molecule has 1 aliphatic heterocycles. The molecule has 5 nitrogen and oxygen atoms in total. The van der Waals surface area contributed by atoms with Crippen LogP contribution in [0.3, 0.4) is 0 Å². The SMILES string of the molecule is CC(C)C(=O)Nc1cccc(NC(=O)C2NCCCC2(C)C)c1. The molecule has 1 atom stereocenters. The van der Waals surface area contributed by atoms with Crippen LogP contribution in [-0.2, 0) is 9.59 Å². The standard InChI is InChI=1S/C18H27N3O2/c1-12(2)16(22)20-13-7-5-8-14(11-13)21-17(23)15-18(3,4)9-6-10-19-15/h5,7-8,11-12,15,19H,6,9-10H2,1-4H3,(H,20,22)(H,21,23). The Morgan fingerprint density at radius 2 is 1.87 bits per heavy atom. The summed E-state index contributed by atoms with van der Waals surface area (Å²) in [7, 11) is 0. The zero-order valence-electron chi connectivity index (χ0n) is 14.4.